The molecular formula is C56H86BaO6S2. The fraction of sp³-hybridized carbons (Fsp3) is 0.643. The molecule has 4 rings (SSSR count). The topological polar surface area (TPSA) is 114 Å². The minimum absolute atomic E-state index is 0. The number of hydrogen-bond donors (Lipinski definition) is 0. The number of rotatable bonds is 34. The quantitative estimate of drug-likeness (QED) is 0.0261. The van der Waals surface area contributed by atoms with Gasteiger partial charge in [-0.1, -0.05) is 218 Å². The van der Waals surface area contributed by atoms with Crippen molar-refractivity contribution in [3.8, 4) is 0 Å². The van der Waals surface area contributed by atoms with Gasteiger partial charge in [-0.05, 0) is 119 Å². The van der Waals surface area contributed by atoms with Gasteiger partial charge in [0, 0.05) is 0 Å². The Labute approximate surface area is 438 Å². The van der Waals surface area contributed by atoms with E-state index >= 15 is 0 Å². The molecule has 0 N–H and O–H groups in total. The van der Waals surface area contributed by atoms with Crippen molar-refractivity contribution in [1.82, 2.24) is 0 Å². The van der Waals surface area contributed by atoms with Crippen LogP contribution >= 0.6 is 0 Å². The minimum atomic E-state index is -4.44. The minimum Gasteiger partial charge on any atom is -0.744 e. The van der Waals surface area contributed by atoms with Crippen LogP contribution < -0.4 is 0 Å². The van der Waals surface area contributed by atoms with Gasteiger partial charge in [-0.3, -0.25) is 0 Å². The third-order valence-electron chi connectivity index (χ3n) is 13.1. The fourth-order valence-electron chi connectivity index (χ4n) is 9.24. The Hall–Kier alpha value is -1.21. The molecule has 360 valence electrons. The van der Waals surface area contributed by atoms with Gasteiger partial charge in [0.1, 0.15) is 20.2 Å². The van der Waals surface area contributed by atoms with Crippen LogP contribution in [0.2, 0.25) is 0 Å². The molecule has 0 bridgehead atoms. The normalized spacial score (nSPS) is 11.8. The van der Waals surface area contributed by atoms with Crippen LogP contribution in [-0.4, -0.2) is 74.8 Å². The van der Waals surface area contributed by atoms with Gasteiger partial charge in [0.05, 0.1) is 9.79 Å². The number of aryl methyl sites for hydroxylation is 4. The Morgan fingerprint density at radius 2 is 0.585 bits per heavy atom. The van der Waals surface area contributed by atoms with Gasteiger partial charge in [0.25, 0.3) is 0 Å². The van der Waals surface area contributed by atoms with E-state index in [1.54, 1.807) is 24.3 Å². The summed E-state index contributed by atoms with van der Waals surface area (Å²) < 4.78 is 69.7. The van der Waals surface area contributed by atoms with Crippen LogP contribution in [0.15, 0.2) is 70.5 Å². The molecule has 4 aromatic rings. The van der Waals surface area contributed by atoms with Gasteiger partial charge in [-0.15, -0.1) is 0 Å². The summed E-state index contributed by atoms with van der Waals surface area (Å²) in [5, 5.41) is 3.96. The van der Waals surface area contributed by atoms with Gasteiger partial charge in [-0.2, -0.15) is 0 Å². The maximum Gasteiger partial charge on any atom is 2.00 e. The molecule has 0 atom stereocenters. The third-order valence-corrected chi connectivity index (χ3v) is 14.8. The maximum atomic E-state index is 11.6. The molecule has 0 saturated carbocycles. The molecule has 0 saturated heterocycles. The molecule has 0 spiro atoms. The smallest absolute Gasteiger partial charge is 0.744 e. The predicted octanol–water partition coefficient (Wildman–Crippen LogP) is 16.3. The van der Waals surface area contributed by atoms with Crippen molar-refractivity contribution in [2.75, 3.05) is 0 Å². The van der Waals surface area contributed by atoms with Crippen LogP contribution in [0, 0.1) is 0 Å². The van der Waals surface area contributed by atoms with Gasteiger partial charge < -0.3 is 9.11 Å². The van der Waals surface area contributed by atoms with Crippen LogP contribution in [0.3, 0.4) is 0 Å². The van der Waals surface area contributed by atoms with Crippen molar-refractivity contribution in [2.45, 2.75) is 243 Å². The molecule has 0 heterocycles. The summed E-state index contributed by atoms with van der Waals surface area (Å²) in [4.78, 5) is -0.224. The Kier molecular flexibility index (Phi) is 32.2. The molecule has 0 radical (unpaired) electrons. The van der Waals surface area contributed by atoms with Crippen molar-refractivity contribution in [1.29, 1.82) is 0 Å². The zero-order valence-electron chi connectivity index (χ0n) is 41.4. The zero-order valence-corrected chi connectivity index (χ0v) is 47.4. The van der Waals surface area contributed by atoms with Gasteiger partial charge in [0.15, 0.2) is 0 Å². The van der Waals surface area contributed by atoms with E-state index in [1.165, 1.54) is 201 Å². The van der Waals surface area contributed by atoms with Crippen LogP contribution in [0.4, 0.5) is 0 Å². The average Bonchev–Trinajstić information content (AvgIpc) is 3.27. The van der Waals surface area contributed by atoms with E-state index in [1.807, 2.05) is 0 Å². The summed E-state index contributed by atoms with van der Waals surface area (Å²) in [6.07, 6.45) is 39.5. The number of benzene rings is 4. The Morgan fingerprint density at radius 1 is 0.338 bits per heavy atom. The Morgan fingerprint density at radius 3 is 0.862 bits per heavy atom. The largest absolute Gasteiger partial charge is 2.00 e. The summed E-state index contributed by atoms with van der Waals surface area (Å²) >= 11 is 0. The maximum absolute atomic E-state index is 11.6. The van der Waals surface area contributed by atoms with Crippen molar-refractivity contribution < 1.29 is 25.9 Å². The second-order valence-electron chi connectivity index (χ2n) is 18.6. The molecule has 6 nitrogen and oxygen atoms in total. The van der Waals surface area contributed by atoms with Crippen molar-refractivity contribution in [3.05, 3.63) is 82.9 Å². The van der Waals surface area contributed by atoms with E-state index in [0.29, 0.717) is 0 Å². The molecule has 0 aromatic heterocycles. The number of hydrogen-bond acceptors (Lipinski definition) is 6. The fourth-order valence-corrected chi connectivity index (χ4v) is 10.2. The predicted molar refractivity (Wildman–Crippen MR) is 276 cm³/mol. The van der Waals surface area contributed by atoms with Crippen LogP contribution in [-0.2, 0) is 45.9 Å². The first-order chi connectivity index (χ1) is 30.9. The molecule has 0 amide bonds. The number of fused-ring (bicyclic) bond motifs is 2. The first-order valence-electron chi connectivity index (χ1n) is 25.9. The van der Waals surface area contributed by atoms with E-state index in [2.05, 4.69) is 52.0 Å². The van der Waals surface area contributed by atoms with E-state index in [4.69, 9.17) is 0 Å². The standard InChI is InChI=1S/2C28H44O3S.Ba/c2*1-3-5-7-9-11-13-15-17-24-19-20-25-21-22-26(32(29,30)31)23-28(25)27(24)18-16-14-12-10-8-6-4-2;/h2*19-23H,3-18H2,1-2H3,(H,29,30,31);/q;;+2/p-2. The molecule has 0 aliphatic rings. The average molecular weight is 1060 g/mol. The first-order valence-corrected chi connectivity index (χ1v) is 28.8. The summed E-state index contributed by atoms with van der Waals surface area (Å²) in [7, 11) is -8.89. The zero-order chi connectivity index (χ0) is 46.5. The molecule has 0 fully saturated rings. The Balaban J connectivity index is 0.000000440. The van der Waals surface area contributed by atoms with E-state index < -0.39 is 20.2 Å². The molecule has 9 heteroatoms. The SMILES string of the molecule is CCCCCCCCCc1ccc2ccc(S(=O)(=O)[O-])cc2c1CCCCCCCCC.CCCCCCCCCc1ccc2ccc(S(=O)(=O)[O-])cc2c1CCCCCCCCC.[Ba+2]. The van der Waals surface area contributed by atoms with E-state index in [-0.39, 0.29) is 58.7 Å². The van der Waals surface area contributed by atoms with Gasteiger partial charge in [-0.25, -0.2) is 16.8 Å². The summed E-state index contributed by atoms with van der Waals surface area (Å²) in [5.41, 5.74) is 5.18. The monoisotopic (exact) mass is 1060 g/mol. The van der Waals surface area contributed by atoms with Crippen LogP contribution in [0.5, 0.6) is 0 Å². The summed E-state index contributed by atoms with van der Waals surface area (Å²) in [6.45, 7) is 8.97. The van der Waals surface area contributed by atoms with Crippen molar-refractivity contribution in [3.63, 3.8) is 0 Å². The van der Waals surface area contributed by atoms with Crippen LogP contribution in [0.25, 0.3) is 21.5 Å². The molecular weight excluding hydrogens is 970 g/mol. The number of unbranched alkanes of at least 4 members (excludes halogenated alkanes) is 24. The summed E-state index contributed by atoms with van der Waals surface area (Å²) in [5.74, 6) is 0. The Bertz CT molecular complexity index is 1960. The van der Waals surface area contributed by atoms with E-state index in [0.717, 1.165) is 60.1 Å². The molecule has 65 heavy (non-hydrogen) atoms. The van der Waals surface area contributed by atoms with Crippen LogP contribution in [0.1, 0.15) is 230 Å². The molecule has 0 aliphatic heterocycles. The molecule has 0 aliphatic carbocycles. The van der Waals surface area contributed by atoms with Gasteiger partial charge in [0.2, 0.25) is 0 Å². The van der Waals surface area contributed by atoms with E-state index in [9.17, 15) is 25.9 Å². The van der Waals surface area contributed by atoms with Gasteiger partial charge >= 0.3 is 48.9 Å². The molecule has 0 unspecified atom stereocenters. The summed E-state index contributed by atoms with van der Waals surface area (Å²) in [6, 6.07) is 18.3. The van der Waals surface area contributed by atoms with Crippen molar-refractivity contribution in [2.24, 2.45) is 0 Å². The second kappa shape index (κ2) is 35.0. The first kappa shape index (κ1) is 59.9. The second-order valence-corrected chi connectivity index (χ2v) is 21.3. The third kappa shape index (κ3) is 23.8. The van der Waals surface area contributed by atoms with Crippen molar-refractivity contribution >= 4 is 90.7 Å². The molecule has 4 aromatic carbocycles.